The van der Waals surface area contributed by atoms with Crippen molar-refractivity contribution in [1.29, 1.82) is 0 Å². The van der Waals surface area contributed by atoms with Crippen molar-refractivity contribution in [1.82, 2.24) is 0 Å². The lowest BCUT2D eigenvalue weighted by Crippen LogP contribution is -2.48. The topological polar surface area (TPSA) is 44.8 Å². The summed E-state index contributed by atoms with van der Waals surface area (Å²) in [7, 11) is 1.39. The van der Waals surface area contributed by atoms with Crippen molar-refractivity contribution in [3.63, 3.8) is 0 Å². The van der Waals surface area contributed by atoms with E-state index in [1.165, 1.54) is 7.11 Å². The first-order chi connectivity index (χ1) is 9.65. The number of ether oxygens (including phenoxy) is 3. The van der Waals surface area contributed by atoms with E-state index in [4.69, 9.17) is 14.2 Å². The van der Waals surface area contributed by atoms with Crippen LogP contribution in [-0.4, -0.2) is 43.1 Å². The maximum Gasteiger partial charge on any atom is 0.338 e. The third kappa shape index (κ3) is 3.56. The second-order valence-electron chi connectivity index (χ2n) is 4.49. The Bertz CT molecular complexity index is 442. The monoisotopic (exact) mass is 346 g/mol. The summed E-state index contributed by atoms with van der Waals surface area (Å²) in [6.07, 6.45) is -3.23. The number of carbonyl (C=O) groups excluding carboxylic acids is 1. The third-order valence-electron chi connectivity index (χ3n) is 3.13. The molecule has 110 valence electrons. The molecule has 0 aromatic heterocycles. The Kier molecular flexibility index (Phi) is 5.51. The van der Waals surface area contributed by atoms with E-state index < -0.39 is 30.6 Å². The van der Waals surface area contributed by atoms with Crippen molar-refractivity contribution in [3.05, 3.63) is 35.9 Å². The van der Waals surface area contributed by atoms with Gasteiger partial charge >= 0.3 is 5.97 Å². The highest BCUT2D eigenvalue weighted by atomic mass is 79.9. The SMILES string of the molecule is CO[C@@H]1O[C@H](CBr)[C@@H](OC(=O)c2ccccc2)C[C@H]1F. The minimum absolute atomic E-state index is 0.0628. The van der Waals surface area contributed by atoms with Gasteiger partial charge in [-0.3, -0.25) is 0 Å². The number of alkyl halides is 2. The van der Waals surface area contributed by atoms with E-state index >= 15 is 0 Å². The van der Waals surface area contributed by atoms with Crippen LogP contribution in [0.2, 0.25) is 0 Å². The third-order valence-corrected chi connectivity index (χ3v) is 3.77. The normalized spacial score (nSPS) is 29.9. The Hall–Kier alpha value is -0.980. The summed E-state index contributed by atoms with van der Waals surface area (Å²) in [4.78, 5) is 12.0. The fourth-order valence-corrected chi connectivity index (χ4v) is 2.64. The molecule has 0 aliphatic carbocycles. The van der Waals surface area contributed by atoms with Crippen LogP contribution >= 0.6 is 15.9 Å². The first-order valence-corrected chi connectivity index (χ1v) is 7.42. The summed E-state index contributed by atoms with van der Waals surface area (Å²) < 4.78 is 29.5. The van der Waals surface area contributed by atoms with Crippen molar-refractivity contribution < 1.29 is 23.4 Å². The predicted octanol–water partition coefficient (Wildman–Crippen LogP) is 2.71. The Labute approximate surface area is 125 Å². The van der Waals surface area contributed by atoms with Gasteiger partial charge in [0.1, 0.15) is 12.2 Å². The van der Waals surface area contributed by atoms with Crippen LogP contribution in [0.5, 0.6) is 0 Å². The molecule has 20 heavy (non-hydrogen) atoms. The maximum atomic E-state index is 13.8. The van der Waals surface area contributed by atoms with E-state index in [1.807, 2.05) is 6.07 Å². The molecule has 6 heteroatoms. The maximum absolute atomic E-state index is 13.8. The van der Waals surface area contributed by atoms with Crippen LogP contribution in [0.3, 0.4) is 0 Å². The van der Waals surface area contributed by atoms with E-state index in [2.05, 4.69) is 15.9 Å². The Morgan fingerprint density at radius 2 is 2.15 bits per heavy atom. The molecule has 4 atom stereocenters. The van der Waals surface area contributed by atoms with Gasteiger partial charge in [-0.1, -0.05) is 34.1 Å². The molecule has 4 nitrogen and oxygen atoms in total. The molecule has 1 fully saturated rings. The summed E-state index contributed by atoms with van der Waals surface area (Å²) in [5, 5.41) is 0.437. The minimum Gasteiger partial charge on any atom is -0.456 e. The van der Waals surface area contributed by atoms with Gasteiger partial charge in [0, 0.05) is 18.9 Å². The molecule has 0 spiro atoms. The van der Waals surface area contributed by atoms with Gasteiger partial charge in [-0.15, -0.1) is 0 Å². The molecule has 1 aliphatic rings. The highest BCUT2D eigenvalue weighted by Gasteiger charge is 2.40. The van der Waals surface area contributed by atoms with Crippen LogP contribution in [-0.2, 0) is 14.2 Å². The van der Waals surface area contributed by atoms with Gasteiger partial charge in [0.2, 0.25) is 0 Å². The lowest BCUT2D eigenvalue weighted by Gasteiger charge is -2.36. The second kappa shape index (κ2) is 7.15. The van der Waals surface area contributed by atoms with Gasteiger partial charge in [-0.25, -0.2) is 9.18 Å². The van der Waals surface area contributed by atoms with Crippen LogP contribution in [0, 0.1) is 0 Å². The smallest absolute Gasteiger partial charge is 0.338 e. The number of halogens is 2. The predicted molar refractivity (Wildman–Crippen MR) is 74.6 cm³/mol. The highest BCUT2D eigenvalue weighted by molar-refractivity contribution is 9.09. The number of benzene rings is 1. The average molecular weight is 347 g/mol. The van der Waals surface area contributed by atoms with Crippen molar-refractivity contribution in [2.24, 2.45) is 0 Å². The number of hydrogen-bond acceptors (Lipinski definition) is 4. The molecule has 1 aromatic rings. The number of esters is 1. The van der Waals surface area contributed by atoms with Crippen LogP contribution in [0.4, 0.5) is 4.39 Å². The number of carbonyl (C=O) groups is 1. The number of rotatable bonds is 4. The minimum atomic E-state index is -1.32. The second-order valence-corrected chi connectivity index (χ2v) is 5.14. The molecule has 0 saturated carbocycles. The summed E-state index contributed by atoms with van der Waals surface area (Å²) in [5.41, 5.74) is 0.435. The fourth-order valence-electron chi connectivity index (χ4n) is 2.07. The standard InChI is InChI=1S/C14H16BrFO4/c1-18-14-10(16)7-11(12(8-15)20-14)19-13(17)9-5-3-2-4-6-9/h2-6,10-12,14H,7-8H2,1H3/t10-,11+,12-,14-/m1/s1. The molecule has 0 radical (unpaired) electrons. The van der Waals surface area contributed by atoms with Crippen LogP contribution in [0.1, 0.15) is 16.8 Å². The van der Waals surface area contributed by atoms with Gasteiger partial charge in [0.05, 0.1) is 5.56 Å². The zero-order valence-electron chi connectivity index (χ0n) is 11.0. The van der Waals surface area contributed by atoms with Crippen molar-refractivity contribution >= 4 is 21.9 Å². The zero-order valence-corrected chi connectivity index (χ0v) is 12.6. The molecule has 2 rings (SSSR count). The van der Waals surface area contributed by atoms with Crippen molar-refractivity contribution in [3.8, 4) is 0 Å². The first-order valence-electron chi connectivity index (χ1n) is 6.30. The van der Waals surface area contributed by atoms with E-state index in [-0.39, 0.29) is 6.42 Å². The molecule has 0 unspecified atom stereocenters. The van der Waals surface area contributed by atoms with Gasteiger partial charge < -0.3 is 14.2 Å². The molecule has 0 N–H and O–H groups in total. The average Bonchev–Trinajstić information content (AvgIpc) is 2.48. The Balaban J connectivity index is 2.02. The van der Waals surface area contributed by atoms with E-state index in [9.17, 15) is 9.18 Å². The summed E-state index contributed by atoms with van der Waals surface area (Å²) in [6.45, 7) is 0. The quantitative estimate of drug-likeness (QED) is 0.621. The Morgan fingerprint density at radius 3 is 2.75 bits per heavy atom. The molecule has 0 amide bonds. The van der Waals surface area contributed by atoms with Gasteiger partial charge in [-0.05, 0) is 12.1 Å². The largest absolute Gasteiger partial charge is 0.456 e. The first kappa shape index (κ1) is 15.4. The van der Waals surface area contributed by atoms with Crippen molar-refractivity contribution in [2.75, 3.05) is 12.4 Å². The summed E-state index contributed by atoms with van der Waals surface area (Å²) >= 11 is 3.28. The Morgan fingerprint density at radius 1 is 1.45 bits per heavy atom. The zero-order chi connectivity index (χ0) is 14.5. The van der Waals surface area contributed by atoms with Gasteiger partial charge in [0.25, 0.3) is 0 Å². The molecule has 0 bridgehead atoms. The highest BCUT2D eigenvalue weighted by Crippen LogP contribution is 2.27. The molecule has 1 aliphatic heterocycles. The summed E-state index contributed by atoms with van der Waals surface area (Å²) in [5.74, 6) is -0.479. The molecule has 1 aromatic carbocycles. The molecule has 1 heterocycles. The van der Waals surface area contributed by atoms with E-state index in [1.54, 1.807) is 24.3 Å². The fraction of sp³-hybridized carbons (Fsp3) is 0.500. The van der Waals surface area contributed by atoms with Gasteiger partial charge in [-0.2, -0.15) is 0 Å². The van der Waals surface area contributed by atoms with Crippen LogP contribution < -0.4 is 0 Å². The van der Waals surface area contributed by atoms with E-state index in [0.29, 0.717) is 10.9 Å². The van der Waals surface area contributed by atoms with Crippen molar-refractivity contribution in [2.45, 2.75) is 31.1 Å². The lowest BCUT2D eigenvalue weighted by molar-refractivity contribution is -0.234. The lowest BCUT2D eigenvalue weighted by atomic mass is 10.0. The van der Waals surface area contributed by atoms with Crippen LogP contribution in [0.15, 0.2) is 30.3 Å². The molecular weight excluding hydrogens is 331 g/mol. The number of methoxy groups -OCH3 is 1. The summed E-state index contributed by atoms with van der Waals surface area (Å²) in [6, 6.07) is 8.60. The van der Waals surface area contributed by atoms with Gasteiger partial charge in [0.15, 0.2) is 12.5 Å². The molecular formula is C14H16BrFO4. The molecule has 1 saturated heterocycles. The van der Waals surface area contributed by atoms with E-state index in [0.717, 1.165) is 0 Å². The number of hydrogen-bond donors (Lipinski definition) is 0. The van der Waals surface area contributed by atoms with Crippen LogP contribution in [0.25, 0.3) is 0 Å².